The minimum atomic E-state index is -0.422. The van der Waals surface area contributed by atoms with Crippen LogP contribution in [0.2, 0.25) is 5.02 Å². The third kappa shape index (κ3) is 4.24. The van der Waals surface area contributed by atoms with Crippen LogP contribution in [0.25, 0.3) is 0 Å². The molecular weight excluding hydrogens is 340 g/mol. The number of nitrogens with one attached hydrogen (secondary N) is 2. The smallest absolute Gasteiger partial charge is 0.339 e. The van der Waals surface area contributed by atoms with E-state index < -0.39 is 5.97 Å². The number of nitrogens with zero attached hydrogens (tertiary/aromatic N) is 2. The average molecular weight is 355 g/mol. The number of ether oxygens (including phenoxy) is 1. The van der Waals surface area contributed by atoms with E-state index in [-0.39, 0.29) is 0 Å². The number of hydrogen-bond acceptors (Lipinski definition) is 6. The number of anilines is 4. The van der Waals surface area contributed by atoms with Crippen LogP contribution in [0.1, 0.15) is 10.4 Å². The summed E-state index contributed by atoms with van der Waals surface area (Å²) in [6.07, 6.45) is 1.43. The van der Waals surface area contributed by atoms with Crippen molar-refractivity contribution in [1.82, 2.24) is 9.97 Å². The number of methoxy groups -OCH3 is 1. The lowest BCUT2D eigenvalue weighted by molar-refractivity contribution is 0.0602. The van der Waals surface area contributed by atoms with E-state index in [0.29, 0.717) is 27.9 Å². The highest BCUT2D eigenvalue weighted by molar-refractivity contribution is 6.30. The third-order valence-electron chi connectivity index (χ3n) is 3.36. The number of aromatic nitrogens is 2. The molecular formula is C18H15ClN4O2. The molecule has 0 radical (unpaired) electrons. The Labute approximate surface area is 149 Å². The Morgan fingerprint density at radius 2 is 1.76 bits per heavy atom. The van der Waals surface area contributed by atoms with E-state index in [0.717, 1.165) is 5.69 Å². The molecule has 1 heterocycles. The SMILES string of the molecule is COC(=O)c1ccccc1Nc1cc(Nc2cccc(Cl)c2)ncn1. The van der Waals surface area contributed by atoms with Gasteiger partial charge in [0.1, 0.15) is 18.0 Å². The van der Waals surface area contributed by atoms with Gasteiger partial charge in [0.25, 0.3) is 0 Å². The summed E-state index contributed by atoms with van der Waals surface area (Å²) in [5.74, 6) is 0.709. The van der Waals surface area contributed by atoms with E-state index in [4.69, 9.17) is 16.3 Å². The van der Waals surface area contributed by atoms with Crippen molar-refractivity contribution < 1.29 is 9.53 Å². The predicted molar refractivity (Wildman–Crippen MR) is 97.8 cm³/mol. The second kappa shape index (κ2) is 7.63. The summed E-state index contributed by atoms with van der Waals surface area (Å²) in [5.41, 5.74) is 1.84. The van der Waals surface area contributed by atoms with Crippen molar-refractivity contribution in [3.05, 3.63) is 71.5 Å². The molecule has 1 aromatic heterocycles. The van der Waals surface area contributed by atoms with Crippen molar-refractivity contribution in [2.75, 3.05) is 17.7 Å². The number of rotatable bonds is 5. The molecule has 3 rings (SSSR count). The van der Waals surface area contributed by atoms with E-state index in [1.807, 2.05) is 18.2 Å². The van der Waals surface area contributed by atoms with Gasteiger partial charge in [-0.3, -0.25) is 0 Å². The van der Waals surface area contributed by atoms with E-state index in [1.165, 1.54) is 13.4 Å². The first kappa shape index (κ1) is 16.7. The predicted octanol–water partition coefficient (Wildman–Crippen LogP) is 4.40. The minimum Gasteiger partial charge on any atom is -0.465 e. The molecule has 0 aliphatic rings. The molecule has 0 bridgehead atoms. The zero-order valence-electron chi connectivity index (χ0n) is 13.4. The standard InChI is InChI=1S/C18H15ClN4O2/c1-25-18(24)14-7-2-3-8-15(14)23-17-10-16(20-11-21-17)22-13-6-4-5-12(19)9-13/h2-11H,1H3,(H2,20,21,22,23). The molecule has 0 unspecified atom stereocenters. The lowest BCUT2D eigenvalue weighted by atomic mass is 10.2. The van der Waals surface area contributed by atoms with Crippen LogP contribution in [-0.2, 0) is 4.74 Å². The molecule has 126 valence electrons. The molecule has 2 aromatic carbocycles. The van der Waals surface area contributed by atoms with Gasteiger partial charge in [0, 0.05) is 16.8 Å². The Kier molecular flexibility index (Phi) is 5.11. The van der Waals surface area contributed by atoms with Crippen LogP contribution in [0.15, 0.2) is 60.9 Å². The van der Waals surface area contributed by atoms with Crippen molar-refractivity contribution >= 4 is 40.6 Å². The molecule has 3 aromatic rings. The number of carbonyl (C=O) groups is 1. The summed E-state index contributed by atoms with van der Waals surface area (Å²) >= 11 is 5.98. The molecule has 6 nitrogen and oxygen atoms in total. The molecule has 25 heavy (non-hydrogen) atoms. The Balaban J connectivity index is 1.82. The van der Waals surface area contributed by atoms with E-state index >= 15 is 0 Å². The van der Waals surface area contributed by atoms with Gasteiger partial charge >= 0.3 is 5.97 Å². The van der Waals surface area contributed by atoms with E-state index in [2.05, 4.69) is 20.6 Å². The van der Waals surface area contributed by atoms with Crippen LogP contribution in [0, 0.1) is 0 Å². The van der Waals surface area contributed by atoms with Crippen molar-refractivity contribution in [1.29, 1.82) is 0 Å². The molecule has 0 fully saturated rings. The number of hydrogen-bond donors (Lipinski definition) is 2. The summed E-state index contributed by atoms with van der Waals surface area (Å²) < 4.78 is 4.79. The maximum absolute atomic E-state index is 11.8. The van der Waals surface area contributed by atoms with E-state index in [9.17, 15) is 4.79 Å². The summed E-state index contributed by atoms with van der Waals surface area (Å²) in [6, 6.07) is 16.1. The molecule has 0 aliphatic heterocycles. The average Bonchev–Trinajstić information content (AvgIpc) is 2.62. The fourth-order valence-corrected chi connectivity index (χ4v) is 2.42. The largest absolute Gasteiger partial charge is 0.465 e. The second-order valence-corrected chi connectivity index (χ2v) is 5.52. The van der Waals surface area contributed by atoms with Crippen LogP contribution in [0.5, 0.6) is 0 Å². The molecule has 7 heteroatoms. The third-order valence-corrected chi connectivity index (χ3v) is 3.59. The normalized spacial score (nSPS) is 10.2. The maximum atomic E-state index is 11.8. The molecule has 0 saturated carbocycles. The molecule has 0 saturated heterocycles. The monoisotopic (exact) mass is 354 g/mol. The molecule has 2 N–H and O–H groups in total. The summed E-state index contributed by atoms with van der Waals surface area (Å²) in [4.78, 5) is 20.2. The summed E-state index contributed by atoms with van der Waals surface area (Å²) in [5, 5.41) is 6.89. The first-order chi connectivity index (χ1) is 12.2. The van der Waals surface area contributed by atoms with Gasteiger partial charge in [0.15, 0.2) is 0 Å². The highest BCUT2D eigenvalue weighted by Crippen LogP contribution is 2.23. The Hall–Kier alpha value is -3.12. The Bertz CT molecular complexity index is 902. The van der Waals surface area contributed by atoms with Gasteiger partial charge in [-0.05, 0) is 30.3 Å². The van der Waals surface area contributed by atoms with Crippen LogP contribution < -0.4 is 10.6 Å². The number of para-hydroxylation sites is 1. The molecule has 0 atom stereocenters. The van der Waals surface area contributed by atoms with Gasteiger partial charge in [-0.15, -0.1) is 0 Å². The van der Waals surface area contributed by atoms with Crippen molar-refractivity contribution in [2.24, 2.45) is 0 Å². The highest BCUT2D eigenvalue weighted by atomic mass is 35.5. The summed E-state index contributed by atoms with van der Waals surface area (Å²) in [6.45, 7) is 0. The Morgan fingerprint density at radius 3 is 2.52 bits per heavy atom. The van der Waals surface area contributed by atoms with Gasteiger partial charge < -0.3 is 15.4 Å². The molecule has 0 aliphatic carbocycles. The molecule has 0 amide bonds. The van der Waals surface area contributed by atoms with E-state index in [1.54, 1.807) is 36.4 Å². The van der Waals surface area contributed by atoms with Crippen molar-refractivity contribution in [2.45, 2.75) is 0 Å². The van der Waals surface area contributed by atoms with Crippen molar-refractivity contribution in [3.63, 3.8) is 0 Å². The maximum Gasteiger partial charge on any atom is 0.339 e. The topological polar surface area (TPSA) is 76.1 Å². The van der Waals surface area contributed by atoms with Gasteiger partial charge in [0.05, 0.1) is 18.4 Å². The van der Waals surface area contributed by atoms with Crippen LogP contribution in [0.4, 0.5) is 23.0 Å². The van der Waals surface area contributed by atoms with Crippen LogP contribution in [-0.4, -0.2) is 23.0 Å². The zero-order chi connectivity index (χ0) is 17.6. The number of halogens is 1. The highest BCUT2D eigenvalue weighted by Gasteiger charge is 2.11. The first-order valence-corrected chi connectivity index (χ1v) is 7.82. The second-order valence-electron chi connectivity index (χ2n) is 5.09. The van der Waals surface area contributed by atoms with Crippen LogP contribution in [0.3, 0.4) is 0 Å². The Morgan fingerprint density at radius 1 is 1.00 bits per heavy atom. The lowest BCUT2D eigenvalue weighted by Gasteiger charge is -2.11. The van der Waals surface area contributed by atoms with Gasteiger partial charge in [-0.25, -0.2) is 14.8 Å². The number of carbonyl (C=O) groups excluding carboxylic acids is 1. The first-order valence-electron chi connectivity index (χ1n) is 7.45. The van der Waals surface area contributed by atoms with Gasteiger partial charge in [0.2, 0.25) is 0 Å². The quantitative estimate of drug-likeness (QED) is 0.661. The number of benzene rings is 2. The van der Waals surface area contributed by atoms with Crippen molar-refractivity contribution in [3.8, 4) is 0 Å². The van der Waals surface area contributed by atoms with Gasteiger partial charge in [-0.2, -0.15) is 0 Å². The number of esters is 1. The lowest BCUT2D eigenvalue weighted by Crippen LogP contribution is -2.06. The summed E-state index contributed by atoms with van der Waals surface area (Å²) in [7, 11) is 1.34. The van der Waals surface area contributed by atoms with Gasteiger partial charge in [-0.1, -0.05) is 29.8 Å². The van der Waals surface area contributed by atoms with Crippen LogP contribution >= 0.6 is 11.6 Å². The zero-order valence-corrected chi connectivity index (χ0v) is 14.1. The fourth-order valence-electron chi connectivity index (χ4n) is 2.23. The fraction of sp³-hybridized carbons (Fsp3) is 0.0556. The minimum absolute atomic E-state index is 0.422. The molecule has 0 spiro atoms.